The molecule has 0 unspecified atom stereocenters. The van der Waals surface area contributed by atoms with Crippen LogP contribution in [0.5, 0.6) is 0 Å². The summed E-state index contributed by atoms with van der Waals surface area (Å²) in [5.41, 5.74) is 0. The van der Waals surface area contributed by atoms with Gasteiger partial charge in [0, 0.05) is 24.6 Å². The lowest BCUT2D eigenvalue weighted by atomic mass is 10.1. The molecule has 3 rings (SSSR count). The van der Waals surface area contributed by atoms with E-state index in [9.17, 15) is 0 Å². The van der Waals surface area contributed by atoms with Crippen LogP contribution < -0.4 is 4.90 Å². The van der Waals surface area contributed by atoms with Crippen molar-refractivity contribution in [1.29, 1.82) is 0 Å². The van der Waals surface area contributed by atoms with Gasteiger partial charge in [0.15, 0.2) is 0 Å². The highest BCUT2D eigenvalue weighted by atomic mass is 35.5. The number of anilines is 1. The Morgan fingerprint density at radius 3 is 2.85 bits per heavy atom. The van der Waals surface area contributed by atoms with E-state index >= 15 is 0 Å². The zero-order valence-electron chi connectivity index (χ0n) is 11.7. The zero-order chi connectivity index (χ0) is 14.1. The molecule has 0 radical (unpaired) electrons. The summed E-state index contributed by atoms with van der Waals surface area (Å²) in [6, 6.07) is 2.15. The molecule has 0 spiro atoms. The van der Waals surface area contributed by atoms with Crippen molar-refractivity contribution in [2.75, 3.05) is 24.6 Å². The molecule has 2 aromatic rings. The first-order chi connectivity index (χ1) is 9.67. The third-order valence-corrected chi connectivity index (χ3v) is 4.73. The van der Waals surface area contributed by atoms with E-state index in [1.54, 1.807) is 11.3 Å². The molecule has 0 aliphatic carbocycles. The molecule has 0 N–H and O–H groups in total. The Hall–Kier alpha value is -0.910. The van der Waals surface area contributed by atoms with E-state index in [0.717, 1.165) is 48.6 Å². The molecule has 2 aromatic heterocycles. The summed E-state index contributed by atoms with van der Waals surface area (Å²) in [7, 11) is 0. The summed E-state index contributed by atoms with van der Waals surface area (Å²) in [4.78, 5) is 13.3. The average molecular weight is 312 g/mol. The van der Waals surface area contributed by atoms with Crippen molar-refractivity contribution in [2.24, 2.45) is 0 Å². The Morgan fingerprint density at radius 2 is 2.15 bits per heavy atom. The van der Waals surface area contributed by atoms with Gasteiger partial charge in [0.05, 0.1) is 11.5 Å². The first-order valence-electron chi connectivity index (χ1n) is 6.97. The highest BCUT2D eigenvalue weighted by Crippen LogP contribution is 2.33. The number of rotatable bonds is 3. The first-order valence-corrected chi connectivity index (χ1v) is 8.17. The number of fused-ring (bicyclic) bond motifs is 1. The van der Waals surface area contributed by atoms with Crippen LogP contribution in [0.1, 0.15) is 24.6 Å². The summed E-state index contributed by atoms with van der Waals surface area (Å²) in [6.07, 6.45) is 2.47. The Balaban J connectivity index is 1.87. The maximum absolute atomic E-state index is 6.06. The van der Waals surface area contributed by atoms with Crippen LogP contribution in [0, 0.1) is 6.92 Å². The van der Waals surface area contributed by atoms with E-state index in [4.69, 9.17) is 16.3 Å². The number of nitrogens with zero attached hydrogens (tertiary/aromatic N) is 3. The molecule has 1 fully saturated rings. The Bertz CT molecular complexity index is 608. The van der Waals surface area contributed by atoms with Crippen molar-refractivity contribution < 1.29 is 4.74 Å². The minimum atomic E-state index is 0.335. The molecule has 0 amide bonds. The van der Waals surface area contributed by atoms with E-state index in [1.807, 2.05) is 6.92 Å². The largest absolute Gasteiger partial charge is 0.378 e. The summed E-state index contributed by atoms with van der Waals surface area (Å²) < 4.78 is 5.70. The minimum absolute atomic E-state index is 0.335. The Kier molecular flexibility index (Phi) is 4.10. The van der Waals surface area contributed by atoms with Gasteiger partial charge < -0.3 is 9.64 Å². The smallest absolute Gasteiger partial charge is 0.225 e. The van der Waals surface area contributed by atoms with E-state index < -0.39 is 0 Å². The van der Waals surface area contributed by atoms with Gasteiger partial charge in [-0.15, -0.1) is 11.3 Å². The second kappa shape index (κ2) is 5.84. The number of hydrogen-bond acceptors (Lipinski definition) is 5. The van der Waals surface area contributed by atoms with Gasteiger partial charge in [0.25, 0.3) is 0 Å². The highest BCUT2D eigenvalue weighted by Gasteiger charge is 2.23. The predicted molar refractivity (Wildman–Crippen MR) is 84.0 cm³/mol. The van der Waals surface area contributed by atoms with Crippen molar-refractivity contribution in [3.05, 3.63) is 16.2 Å². The van der Waals surface area contributed by atoms with Gasteiger partial charge >= 0.3 is 0 Å². The summed E-state index contributed by atoms with van der Waals surface area (Å²) in [6.45, 7) is 6.85. The lowest BCUT2D eigenvalue weighted by Gasteiger charge is -2.32. The standard InChI is InChI=1S/C14H18ClN3OS/c1-3-19-10-4-6-18(7-5-10)12-11-8-9(2)20-13(11)17-14(15)16-12/h8,10H,3-7H2,1-2H3. The van der Waals surface area contributed by atoms with Crippen molar-refractivity contribution in [3.8, 4) is 0 Å². The quantitative estimate of drug-likeness (QED) is 0.811. The summed E-state index contributed by atoms with van der Waals surface area (Å²) in [5, 5.41) is 1.45. The molecule has 0 aromatic carbocycles. The van der Waals surface area contributed by atoms with E-state index in [-0.39, 0.29) is 0 Å². The molecule has 20 heavy (non-hydrogen) atoms. The first kappa shape index (κ1) is 14.0. The van der Waals surface area contributed by atoms with Crippen molar-refractivity contribution in [2.45, 2.75) is 32.8 Å². The second-order valence-electron chi connectivity index (χ2n) is 5.03. The molecule has 0 saturated carbocycles. The van der Waals surface area contributed by atoms with Gasteiger partial charge in [-0.1, -0.05) is 0 Å². The van der Waals surface area contributed by atoms with Gasteiger partial charge in [-0.25, -0.2) is 4.98 Å². The molecule has 1 aliphatic heterocycles. The molecule has 108 valence electrons. The van der Waals surface area contributed by atoms with Gasteiger partial charge in [0.2, 0.25) is 5.28 Å². The van der Waals surface area contributed by atoms with Crippen molar-refractivity contribution in [1.82, 2.24) is 9.97 Å². The molecular formula is C14H18ClN3OS. The molecular weight excluding hydrogens is 294 g/mol. The Morgan fingerprint density at radius 1 is 1.40 bits per heavy atom. The van der Waals surface area contributed by atoms with E-state index in [1.165, 1.54) is 4.88 Å². The molecule has 4 nitrogen and oxygen atoms in total. The summed E-state index contributed by atoms with van der Waals surface area (Å²) >= 11 is 7.73. The van der Waals surface area contributed by atoms with Crippen LogP contribution in [0.25, 0.3) is 10.2 Å². The summed E-state index contributed by atoms with van der Waals surface area (Å²) in [5.74, 6) is 0.972. The number of hydrogen-bond donors (Lipinski definition) is 0. The molecule has 1 aliphatic rings. The lowest BCUT2D eigenvalue weighted by molar-refractivity contribution is 0.0459. The predicted octanol–water partition coefficient (Wildman–Crippen LogP) is 3.66. The number of halogens is 1. The maximum atomic E-state index is 6.06. The monoisotopic (exact) mass is 311 g/mol. The topological polar surface area (TPSA) is 38.2 Å². The van der Waals surface area contributed by atoms with E-state index in [0.29, 0.717) is 11.4 Å². The van der Waals surface area contributed by atoms with Crippen LogP contribution in [-0.2, 0) is 4.74 Å². The van der Waals surface area contributed by atoms with Crippen LogP contribution in [0.3, 0.4) is 0 Å². The van der Waals surface area contributed by atoms with Crippen LogP contribution in [0.4, 0.5) is 5.82 Å². The van der Waals surface area contributed by atoms with Gasteiger partial charge in [-0.2, -0.15) is 4.98 Å². The molecule has 1 saturated heterocycles. The molecule has 6 heteroatoms. The highest BCUT2D eigenvalue weighted by molar-refractivity contribution is 7.18. The van der Waals surface area contributed by atoms with Crippen LogP contribution in [0.15, 0.2) is 6.07 Å². The molecule has 0 atom stereocenters. The van der Waals surface area contributed by atoms with Crippen LogP contribution >= 0.6 is 22.9 Å². The number of ether oxygens (including phenoxy) is 1. The van der Waals surface area contributed by atoms with E-state index in [2.05, 4.69) is 27.9 Å². The number of aryl methyl sites for hydroxylation is 1. The van der Waals surface area contributed by atoms with Crippen LogP contribution in [-0.4, -0.2) is 35.8 Å². The minimum Gasteiger partial charge on any atom is -0.378 e. The molecule has 3 heterocycles. The Labute approximate surface area is 127 Å². The van der Waals surface area contributed by atoms with Crippen LogP contribution in [0.2, 0.25) is 5.28 Å². The van der Waals surface area contributed by atoms with Crippen molar-refractivity contribution in [3.63, 3.8) is 0 Å². The number of thiophene rings is 1. The average Bonchev–Trinajstić information content (AvgIpc) is 2.79. The van der Waals surface area contributed by atoms with Gasteiger partial charge in [-0.3, -0.25) is 0 Å². The fourth-order valence-electron chi connectivity index (χ4n) is 2.71. The lowest BCUT2D eigenvalue weighted by Crippen LogP contribution is -2.37. The number of aromatic nitrogens is 2. The normalized spacial score (nSPS) is 17.1. The zero-order valence-corrected chi connectivity index (χ0v) is 13.3. The third kappa shape index (κ3) is 2.75. The fraction of sp³-hybridized carbons (Fsp3) is 0.571. The van der Waals surface area contributed by atoms with Crippen molar-refractivity contribution >= 4 is 39.0 Å². The second-order valence-corrected chi connectivity index (χ2v) is 6.61. The third-order valence-electron chi connectivity index (χ3n) is 3.61. The van der Waals surface area contributed by atoms with Gasteiger partial charge in [0.1, 0.15) is 10.6 Å². The SMILES string of the molecule is CCOC1CCN(c2nc(Cl)nc3sc(C)cc23)CC1. The van der Waals surface area contributed by atoms with Gasteiger partial charge in [-0.05, 0) is 44.4 Å². The maximum Gasteiger partial charge on any atom is 0.225 e. The molecule has 0 bridgehead atoms. The fourth-order valence-corrected chi connectivity index (χ4v) is 3.80. The number of piperidine rings is 1.